The number of hydrogen-bond acceptors (Lipinski definition) is 4. The summed E-state index contributed by atoms with van der Waals surface area (Å²) in [5.41, 5.74) is 0.994. The van der Waals surface area contributed by atoms with Crippen molar-refractivity contribution in [1.82, 2.24) is 20.5 Å². The van der Waals surface area contributed by atoms with E-state index in [-0.39, 0.29) is 30.0 Å². The molecule has 1 unspecified atom stereocenters. The molecule has 25 heavy (non-hydrogen) atoms. The van der Waals surface area contributed by atoms with E-state index in [9.17, 15) is 14.0 Å². The minimum absolute atomic E-state index is 0.124. The number of aromatic nitrogens is 1. The third kappa shape index (κ3) is 4.19. The first-order valence-electron chi connectivity index (χ1n) is 8.10. The Morgan fingerprint density at radius 1 is 1.28 bits per heavy atom. The van der Waals surface area contributed by atoms with Crippen LogP contribution in [0.5, 0.6) is 0 Å². The molecular weight excluding hydrogens is 323 g/mol. The van der Waals surface area contributed by atoms with Crippen LogP contribution in [-0.4, -0.2) is 47.9 Å². The number of amides is 2. The van der Waals surface area contributed by atoms with Gasteiger partial charge in [-0.25, -0.2) is 4.39 Å². The molecule has 130 valence electrons. The first-order valence-corrected chi connectivity index (χ1v) is 8.10. The summed E-state index contributed by atoms with van der Waals surface area (Å²) in [6, 6.07) is 11.0. The Bertz CT molecular complexity index is 754. The predicted molar refractivity (Wildman–Crippen MR) is 90.3 cm³/mol. The van der Waals surface area contributed by atoms with Crippen molar-refractivity contribution in [1.29, 1.82) is 0 Å². The number of nitrogens with one attached hydrogen (secondary N) is 2. The Morgan fingerprint density at radius 2 is 2.16 bits per heavy atom. The van der Waals surface area contributed by atoms with Crippen LogP contribution in [0.1, 0.15) is 22.1 Å². The normalized spacial score (nSPS) is 17.2. The highest BCUT2D eigenvalue weighted by Gasteiger charge is 2.28. The van der Waals surface area contributed by atoms with Gasteiger partial charge in [0.25, 0.3) is 5.91 Å². The fraction of sp³-hybridized carbons (Fsp3) is 0.278. The molecule has 3 rings (SSSR count). The number of carbonyl (C=O) groups excluding carboxylic acids is 2. The van der Waals surface area contributed by atoms with Crippen molar-refractivity contribution in [3.63, 3.8) is 0 Å². The van der Waals surface area contributed by atoms with E-state index in [1.54, 1.807) is 35.2 Å². The molecule has 0 saturated carbocycles. The number of carbonyl (C=O) groups is 2. The van der Waals surface area contributed by atoms with Gasteiger partial charge < -0.3 is 15.5 Å². The number of nitrogens with zero attached hydrogens (tertiary/aromatic N) is 2. The largest absolute Gasteiger partial charge is 0.342 e. The van der Waals surface area contributed by atoms with Crippen molar-refractivity contribution in [3.05, 3.63) is 65.7 Å². The molecule has 7 heteroatoms. The fourth-order valence-corrected chi connectivity index (χ4v) is 2.86. The maximum absolute atomic E-state index is 13.5. The van der Waals surface area contributed by atoms with Crippen LogP contribution in [0.3, 0.4) is 0 Å². The van der Waals surface area contributed by atoms with Crippen LogP contribution in [-0.2, 0) is 4.79 Å². The molecule has 1 aliphatic rings. The summed E-state index contributed by atoms with van der Waals surface area (Å²) in [6.07, 6.45) is 1.52. The number of piperazine rings is 1. The zero-order valence-electron chi connectivity index (χ0n) is 13.6. The quantitative estimate of drug-likeness (QED) is 0.873. The Balaban J connectivity index is 1.66. The summed E-state index contributed by atoms with van der Waals surface area (Å²) in [7, 11) is 0. The van der Waals surface area contributed by atoms with Crippen molar-refractivity contribution < 1.29 is 14.0 Å². The first-order chi connectivity index (χ1) is 12.1. The summed E-state index contributed by atoms with van der Waals surface area (Å²) in [5.74, 6) is -0.939. The van der Waals surface area contributed by atoms with Crippen LogP contribution in [0.25, 0.3) is 0 Å². The molecule has 1 aromatic carbocycles. The smallest absolute Gasteiger partial charge is 0.270 e. The maximum atomic E-state index is 13.5. The first kappa shape index (κ1) is 17.0. The second-order valence-corrected chi connectivity index (χ2v) is 5.76. The van der Waals surface area contributed by atoms with Gasteiger partial charge in [-0.2, -0.15) is 0 Å². The van der Waals surface area contributed by atoms with Crippen LogP contribution >= 0.6 is 0 Å². The molecule has 2 aromatic rings. The van der Waals surface area contributed by atoms with E-state index in [0.717, 1.165) is 5.56 Å². The Hall–Kier alpha value is -2.80. The fourth-order valence-electron chi connectivity index (χ4n) is 2.86. The number of benzene rings is 1. The van der Waals surface area contributed by atoms with E-state index in [0.29, 0.717) is 19.6 Å². The van der Waals surface area contributed by atoms with E-state index in [1.165, 1.54) is 18.3 Å². The molecule has 2 N–H and O–H groups in total. The van der Waals surface area contributed by atoms with Crippen LogP contribution in [0.4, 0.5) is 4.39 Å². The van der Waals surface area contributed by atoms with Gasteiger partial charge in [0.15, 0.2) is 0 Å². The van der Waals surface area contributed by atoms with Crippen LogP contribution < -0.4 is 10.6 Å². The van der Waals surface area contributed by atoms with Gasteiger partial charge in [0, 0.05) is 25.8 Å². The highest BCUT2D eigenvalue weighted by Crippen LogP contribution is 2.22. The van der Waals surface area contributed by atoms with Gasteiger partial charge in [0.2, 0.25) is 5.91 Å². The SMILES string of the molecule is O=C(NCC(=O)N1CCNCC1c1cccc(F)c1)c1ccccn1. The lowest BCUT2D eigenvalue weighted by molar-refractivity contribution is -0.133. The summed E-state index contributed by atoms with van der Waals surface area (Å²) < 4.78 is 13.5. The monoisotopic (exact) mass is 342 g/mol. The van der Waals surface area contributed by atoms with Gasteiger partial charge >= 0.3 is 0 Å². The number of halogens is 1. The zero-order valence-corrected chi connectivity index (χ0v) is 13.6. The van der Waals surface area contributed by atoms with Crippen molar-refractivity contribution in [2.24, 2.45) is 0 Å². The lowest BCUT2D eigenvalue weighted by Gasteiger charge is -2.36. The van der Waals surface area contributed by atoms with Crippen molar-refractivity contribution in [3.8, 4) is 0 Å². The molecule has 1 saturated heterocycles. The van der Waals surface area contributed by atoms with Crippen LogP contribution in [0, 0.1) is 5.82 Å². The molecule has 1 aliphatic heterocycles. The molecule has 1 atom stereocenters. The molecule has 2 heterocycles. The van der Waals surface area contributed by atoms with Gasteiger partial charge in [0.05, 0.1) is 12.6 Å². The lowest BCUT2D eigenvalue weighted by Crippen LogP contribution is -2.51. The lowest BCUT2D eigenvalue weighted by atomic mass is 10.0. The highest BCUT2D eigenvalue weighted by atomic mass is 19.1. The van der Waals surface area contributed by atoms with E-state index in [2.05, 4.69) is 15.6 Å². The molecule has 6 nitrogen and oxygen atoms in total. The Kier molecular flexibility index (Phi) is 5.35. The maximum Gasteiger partial charge on any atom is 0.270 e. The second-order valence-electron chi connectivity index (χ2n) is 5.76. The van der Waals surface area contributed by atoms with Gasteiger partial charge in [-0.15, -0.1) is 0 Å². The Labute approximate surface area is 145 Å². The van der Waals surface area contributed by atoms with Gasteiger partial charge in [-0.1, -0.05) is 18.2 Å². The average molecular weight is 342 g/mol. The van der Waals surface area contributed by atoms with Crippen LogP contribution in [0.15, 0.2) is 48.7 Å². The van der Waals surface area contributed by atoms with Gasteiger partial charge in [-0.05, 0) is 29.8 Å². The van der Waals surface area contributed by atoms with Crippen LogP contribution in [0.2, 0.25) is 0 Å². The number of pyridine rings is 1. The van der Waals surface area contributed by atoms with Crippen molar-refractivity contribution >= 4 is 11.8 Å². The summed E-state index contributed by atoms with van der Waals surface area (Å²) in [5, 5.41) is 5.81. The Morgan fingerprint density at radius 3 is 2.92 bits per heavy atom. The van der Waals surface area contributed by atoms with E-state index < -0.39 is 5.91 Å². The van der Waals surface area contributed by atoms with Gasteiger partial charge in [0.1, 0.15) is 11.5 Å². The summed E-state index contributed by atoms with van der Waals surface area (Å²) in [6.45, 7) is 1.58. The minimum atomic E-state index is -0.397. The third-order valence-corrected chi connectivity index (χ3v) is 4.09. The predicted octanol–water partition coefficient (Wildman–Crippen LogP) is 1.12. The topological polar surface area (TPSA) is 74.3 Å². The molecule has 1 fully saturated rings. The molecule has 2 amide bonds. The number of hydrogen-bond donors (Lipinski definition) is 2. The van der Waals surface area contributed by atoms with E-state index >= 15 is 0 Å². The molecular formula is C18H19FN4O2. The van der Waals surface area contributed by atoms with Crippen molar-refractivity contribution in [2.45, 2.75) is 6.04 Å². The molecule has 1 aromatic heterocycles. The summed E-state index contributed by atoms with van der Waals surface area (Å²) >= 11 is 0. The van der Waals surface area contributed by atoms with E-state index in [1.807, 2.05) is 0 Å². The molecule has 0 aliphatic carbocycles. The standard InChI is InChI=1S/C18H19FN4O2/c19-14-5-3-4-13(10-14)16-11-20-8-9-23(16)17(24)12-22-18(25)15-6-1-2-7-21-15/h1-7,10,16,20H,8-9,11-12H2,(H,22,25). The van der Waals surface area contributed by atoms with Crippen molar-refractivity contribution in [2.75, 3.05) is 26.2 Å². The third-order valence-electron chi connectivity index (χ3n) is 4.09. The number of rotatable bonds is 4. The van der Waals surface area contributed by atoms with Gasteiger partial charge in [-0.3, -0.25) is 14.6 Å². The molecule has 0 bridgehead atoms. The highest BCUT2D eigenvalue weighted by molar-refractivity contribution is 5.94. The molecule has 0 radical (unpaired) electrons. The average Bonchev–Trinajstić information content (AvgIpc) is 2.66. The van der Waals surface area contributed by atoms with E-state index in [4.69, 9.17) is 0 Å². The molecule has 0 spiro atoms. The second kappa shape index (κ2) is 7.85. The summed E-state index contributed by atoms with van der Waals surface area (Å²) in [4.78, 5) is 30.2. The zero-order chi connectivity index (χ0) is 17.6. The minimum Gasteiger partial charge on any atom is -0.342 e.